The second kappa shape index (κ2) is 5.13. The van der Waals surface area contributed by atoms with Gasteiger partial charge in [0.1, 0.15) is 11.6 Å². The van der Waals surface area contributed by atoms with E-state index in [4.69, 9.17) is 5.26 Å². The van der Waals surface area contributed by atoms with Crippen molar-refractivity contribution >= 4 is 11.3 Å². The van der Waals surface area contributed by atoms with Crippen LogP contribution in [-0.4, -0.2) is 20.6 Å². The molecule has 0 bridgehead atoms. The third-order valence-corrected chi connectivity index (χ3v) is 3.44. The maximum atomic E-state index is 9.14. The minimum Gasteiger partial charge on any atom is -0.360 e. The Labute approximate surface area is 116 Å². The van der Waals surface area contributed by atoms with Crippen molar-refractivity contribution < 1.29 is 0 Å². The third kappa shape index (κ3) is 2.26. The van der Waals surface area contributed by atoms with Crippen molar-refractivity contribution in [1.29, 1.82) is 5.26 Å². The van der Waals surface area contributed by atoms with Crippen LogP contribution < -0.4 is 5.32 Å². The first-order valence-corrected chi connectivity index (χ1v) is 6.51. The largest absolute Gasteiger partial charge is 0.360 e. The second-order valence-corrected chi connectivity index (χ2v) is 4.85. The van der Waals surface area contributed by atoms with Gasteiger partial charge in [-0.25, -0.2) is 0 Å². The molecule has 3 rings (SSSR count). The van der Waals surface area contributed by atoms with E-state index >= 15 is 0 Å². The molecule has 2 aromatic rings. The van der Waals surface area contributed by atoms with Crippen LogP contribution in [0.2, 0.25) is 0 Å². The molecule has 6 heteroatoms. The SMILES string of the molecule is Cc1cc2c(c(NC=C(C#N)c3nn[nH]n3)c1)CCC2. The van der Waals surface area contributed by atoms with Crippen LogP contribution in [-0.2, 0) is 12.8 Å². The van der Waals surface area contributed by atoms with Crippen LogP contribution >= 0.6 is 0 Å². The number of H-pyrrole nitrogens is 1. The Kier molecular flexibility index (Phi) is 3.17. The molecule has 0 aliphatic heterocycles. The number of rotatable bonds is 3. The molecule has 0 spiro atoms. The van der Waals surface area contributed by atoms with E-state index in [1.165, 1.54) is 23.1 Å². The lowest BCUT2D eigenvalue weighted by molar-refractivity contribution is 0.881. The number of aromatic amines is 1. The molecule has 0 saturated heterocycles. The van der Waals surface area contributed by atoms with Gasteiger partial charge in [-0.05, 0) is 54.2 Å². The average molecular weight is 266 g/mol. The van der Waals surface area contributed by atoms with Gasteiger partial charge < -0.3 is 5.32 Å². The van der Waals surface area contributed by atoms with E-state index in [2.05, 4.69) is 51.1 Å². The monoisotopic (exact) mass is 266 g/mol. The van der Waals surface area contributed by atoms with Crippen LogP contribution in [0.4, 0.5) is 5.69 Å². The smallest absolute Gasteiger partial charge is 0.216 e. The zero-order valence-electron chi connectivity index (χ0n) is 11.1. The fourth-order valence-corrected chi connectivity index (χ4v) is 2.57. The molecule has 0 amide bonds. The third-order valence-electron chi connectivity index (χ3n) is 3.44. The highest BCUT2D eigenvalue weighted by Gasteiger charge is 2.15. The van der Waals surface area contributed by atoms with Gasteiger partial charge in [0, 0.05) is 11.9 Å². The predicted molar refractivity (Wildman–Crippen MR) is 74.6 cm³/mol. The summed E-state index contributed by atoms with van der Waals surface area (Å²) < 4.78 is 0. The number of aryl methyl sites for hydroxylation is 2. The number of benzene rings is 1. The van der Waals surface area contributed by atoms with Gasteiger partial charge in [-0.1, -0.05) is 6.07 Å². The molecule has 1 aromatic heterocycles. The van der Waals surface area contributed by atoms with E-state index in [0.717, 1.165) is 18.5 Å². The second-order valence-electron chi connectivity index (χ2n) is 4.85. The quantitative estimate of drug-likeness (QED) is 0.829. The number of hydrogen-bond acceptors (Lipinski definition) is 5. The molecule has 20 heavy (non-hydrogen) atoms. The van der Waals surface area contributed by atoms with E-state index in [9.17, 15) is 0 Å². The first-order chi connectivity index (χ1) is 9.78. The maximum Gasteiger partial charge on any atom is 0.216 e. The zero-order chi connectivity index (χ0) is 13.9. The minimum atomic E-state index is 0.296. The molecule has 0 saturated carbocycles. The fourth-order valence-electron chi connectivity index (χ4n) is 2.57. The molecule has 100 valence electrons. The molecule has 6 nitrogen and oxygen atoms in total. The first-order valence-electron chi connectivity index (χ1n) is 6.51. The van der Waals surface area contributed by atoms with Crippen molar-refractivity contribution in [3.63, 3.8) is 0 Å². The standard InChI is InChI=1S/C14H14N6/c1-9-5-10-3-2-4-12(10)13(6-9)16-8-11(7-15)14-17-19-20-18-14/h5-6,8,16H,2-4H2,1H3,(H,17,18,19,20). The van der Waals surface area contributed by atoms with E-state index < -0.39 is 0 Å². The highest BCUT2D eigenvalue weighted by Crippen LogP contribution is 2.30. The van der Waals surface area contributed by atoms with E-state index in [0.29, 0.717) is 11.4 Å². The van der Waals surface area contributed by atoms with Crippen molar-refractivity contribution in [1.82, 2.24) is 20.6 Å². The Hall–Kier alpha value is -2.68. The summed E-state index contributed by atoms with van der Waals surface area (Å²) in [4.78, 5) is 0. The number of tetrazole rings is 1. The van der Waals surface area contributed by atoms with Gasteiger partial charge in [-0.15, -0.1) is 10.2 Å². The Bertz CT molecular complexity index is 693. The van der Waals surface area contributed by atoms with Crippen LogP contribution in [0.1, 0.15) is 28.9 Å². The Morgan fingerprint density at radius 3 is 3.10 bits per heavy atom. The van der Waals surface area contributed by atoms with Gasteiger partial charge in [0.2, 0.25) is 5.82 Å². The van der Waals surface area contributed by atoms with Gasteiger partial charge in [0.15, 0.2) is 0 Å². The summed E-state index contributed by atoms with van der Waals surface area (Å²) in [5.74, 6) is 0.296. The summed E-state index contributed by atoms with van der Waals surface area (Å²) in [6, 6.07) is 6.41. The van der Waals surface area contributed by atoms with Gasteiger partial charge in [0.05, 0.1) is 0 Å². The van der Waals surface area contributed by atoms with E-state index in [1.54, 1.807) is 6.20 Å². The lowest BCUT2D eigenvalue weighted by atomic mass is 10.0. The summed E-state index contributed by atoms with van der Waals surface area (Å²) in [5.41, 5.74) is 5.39. The molecule has 0 atom stereocenters. The number of anilines is 1. The zero-order valence-corrected chi connectivity index (χ0v) is 11.1. The maximum absolute atomic E-state index is 9.14. The van der Waals surface area contributed by atoms with Crippen LogP contribution in [0.15, 0.2) is 18.3 Å². The minimum absolute atomic E-state index is 0.296. The van der Waals surface area contributed by atoms with Crippen LogP contribution in [0.5, 0.6) is 0 Å². The summed E-state index contributed by atoms with van der Waals surface area (Å²) in [5, 5.41) is 25.8. The average Bonchev–Trinajstić information content (AvgIpc) is 3.09. The van der Waals surface area contributed by atoms with Crippen molar-refractivity contribution in [3.8, 4) is 6.07 Å². The highest BCUT2D eigenvalue weighted by atomic mass is 15.5. The Balaban J connectivity index is 1.91. The van der Waals surface area contributed by atoms with Gasteiger partial charge in [-0.2, -0.15) is 10.5 Å². The van der Waals surface area contributed by atoms with Crippen LogP contribution in [0.3, 0.4) is 0 Å². The van der Waals surface area contributed by atoms with Crippen molar-refractivity contribution in [2.75, 3.05) is 5.32 Å². The molecular weight excluding hydrogens is 252 g/mol. The van der Waals surface area contributed by atoms with Crippen molar-refractivity contribution in [3.05, 3.63) is 40.8 Å². The molecular formula is C14H14N6. The van der Waals surface area contributed by atoms with Gasteiger partial charge in [-0.3, -0.25) is 0 Å². The van der Waals surface area contributed by atoms with Gasteiger partial charge in [0.25, 0.3) is 0 Å². The molecule has 1 aromatic carbocycles. The van der Waals surface area contributed by atoms with Crippen molar-refractivity contribution in [2.24, 2.45) is 0 Å². The van der Waals surface area contributed by atoms with E-state index in [1.807, 2.05) is 0 Å². The number of nitrogens with one attached hydrogen (secondary N) is 2. The summed E-state index contributed by atoms with van der Waals surface area (Å²) in [6.07, 6.45) is 5.03. The number of nitrogens with zero attached hydrogens (tertiary/aromatic N) is 4. The van der Waals surface area contributed by atoms with Crippen molar-refractivity contribution in [2.45, 2.75) is 26.2 Å². The van der Waals surface area contributed by atoms with Crippen LogP contribution in [0.25, 0.3) is 5.57 Å². The molecule has 0 unspecified atom stereocenters. The normalized spacial score (nSPS) is 13.9. The Morgan fingerprint density at radius 2 is 2.35 bits per heavy atom. The number of hydrogen-bond donors (Lipinski definition) is 2. The summed E-state index contributed by atoms with van der Waals surface area (Å²) in [6.45, 7) is 2.08. The Morgan fingerprint density at radius 1 is 1.45 bits per heavy atom. The lowest BCUT2D eigenvalue weighted by Gasteiger charge is -2.10. The number of nitriles is 1. The predicted octanol–water partition coefficient (Wildman–Crippen LogP) is 1.97. The molecule has 1 aliphatic rings. The highest BCUT2D eigenvalue weighted by molar-refractivity contribution is 5.74. The fraction of sp³-hybridized carbons (Fsp3) is 0.286. The summed E-state index contributed by atoms with van der Waals surface area (Å²) in [7, 11) is 0. The molecule has 0 radical (unpaired) electrons. The lowest BCUT2D eigenvalue weighted by Crippen LogP contribution is -1.98. The molecule has 2 N–H and O–H groups in total. The first kappa shape index (κ1) is 12.4. The summed E-state index contributed by atoms with van der Waals surface area (Å²) >= 11 is 0. The topological polar surface area (TPSA) is 90.3 Å². The molecule has 1 aliphatic carbocycles. The molecule has 0 fully saturated rings. The number of aromatic nitrogens is 4. The molecule has 1 heterocycles. The van der Waals surface area contributed by atoms with Gasteiger partial charge >= 0.3 is 0 Å². The van der Waals surface area contributed by atoms with E-state index in [-0.39, 0.29) is 0 Å². The number of allylic oxidation sites excluding steroid dienone is 1. The number of fused-ring (bicyclic) bond motifs is 1. The van der Waals surface area contributed by atoms with Crippen LogP contribution in [0, 0.1) is 18.3 Å².